The molecule has 15 heteroatoms. The molecule has 0 bridgehead atoms. The van der Waals surface area contributed by atoms with Crippen molar-refractivity contribution in [3.8, 4) is 33.6 Å². The van der Waals surface area contributed by atoms with Crippen LogP contribution in [0.3, 0.4) is 0 Å². The first kappa shape index (κ1) is 41.1. The number of nitrogens with zero attached hydrogens (tertiary/aromatic N) is 2. The summed E-state index contributed by atoms with van der Waals surface area (Å²) in [6.07, 6.45) is 1.90. The van der Waals surface area contributed by atoms with Gasteiger partial charge in [-0.05, 0) is 62.8 Å². The summed E-state index contributed by atoms with van der Waals surface area (Å²) >= 11 is 0. The lowest BCUT2D eigenvalue weighted by Gasteiger charge is -2.40. The monoisotopic (exact) mass is 782 g/mol. The second-order valence-corrected chi connectivity index (χ2v) is 15.2. The zero-order valence-electron chi connectivity index (χ0n) is 32.5. The minimum Gasteiger partial charge on any atom is -0.379 e. The predicted octanol–water partition coefficient (Wildman–Crippen LogP) is 7.91. The van der Waals surface area contributed by atoms with Crippen LogP contribution in [0, 0.1) is 0 Å². The minimum absolute atomic E-state index is 0.113. The highest BCUT2D eigenvalue weighted by Gasteiger charge is 2.47. The first-order valence-corrected chi connectivity index (χ1v) is 18.6. The summed E-state index contributed by atoms with van der Waals surface area (Å²) in [6, 6.07) is 14.8. The summed E-state index contributed by atoms with van der Waals surface area (Å²) in [7, 11) is 3.11. The number of carbonyl (C=O) groups is 1. The SMILES string of the molecule is C=C(N[C@H](c1ncc(-c2ccc(-c3ccc(-c4cnc([C@@H](NC(=O)[C@@]5(C)CCC(F)(F)CO5)[C@@H](C)OC)[nH]4)cc3)cc2)[nH]1)[C@@H](C)OC)[C@@]1(C)CCC(F)(F)CO1. The minimum atomic E-state index is -2.96. The van der Waals surface area contributed by atoms with Gasteiger partial charge in [0.25, 0.3) is 17.8 Å². The molecule has 4 aromatic rings. The van der Waals surface area contributed by atoms with Gasteiger partial charge in [-0.2, -0.15) is 0 Å². The number of hydrogen-bond acceptors (Lipinski definition) is 8. The molecule has 6 rings (SSSR count). The van der Waals surface area contributed by atoms with Crippen LogP contribution in [-0.2, 0) is 23.7 Å². The molecule has 302 valence electrons. The summed E-state index contributed by atoms with van der Waals surface area (Å²) < 4.78 is 77.1. The van der Waals surface area contributed by atoms with Gasteiger partial charge in [0.15, 0.2) is 0 Å². The molecule has 2 aromatic heterocycles. The van der Waals surface area contributed by atoms with Crippen molar-refractivity contribution in [2.45, 2.75) is 101 Å². The number of methoxy groups -OCH3 is 2. The molecule has 2 aromatic carbocycles. The molecule has 2 aliphatic heterocycles. The van der Waals surface area contributed by atoms with Gasteiger partial charge in [-0.25, -0.2) is 27.5 Å². The second kappa shape index (κ2) is 16.1. The van der Waals surface area contributed by atoms with E-state index in [0.29, 0.717) is 17.3 Å². The number of nitrogens with one attached hydrogen (secondary N) is 4. The summed E-state index contributed by atoms with van der Waals surface area (Å²) in [5.74, 6) is -5.26. The van der Waals surface area contributed by atoms with E-state index in [1.165, 1.54) is 14.0 Å². The highest BCUT2D eigenvalue weighted by atomic mass is 19.3. The number of imidazole rings is 2. The highest BCUT2D eigenvalue weighted by molar-refractivity contribution is 5.85. The number of amides is 1. The van der Waals surface area contributed by atoms with Crippen molar-refractivity contribution in [3.05, 3.63) is 84.8 Å². The van der Waals surface area contributed by atoms with Gasteiger partial charge < -0.3 is 39.5 Å². The number of aromatic nitrogens is 4. The summed E-state index contributed by atoms with van der Waals surface area (Å²) in [4.78, 5) is 29.1. The predicted molar refractivity (Wildman–Crippen MR) is 203 cm³/mol. The molecule has 0 unspecified atom stereocenters. The third-order valence-corrected chi connectivity index (χ3v) is 11.1. The average Bonchev–Trinajstić information content (AvgIpc) is 3.89. The summed E-state index contributed by atoms with van der Waals surface area (Å²) in [5, 5.41) is 6.23. The van der Waals surface area contributed by atoms with Crippen LogP contribution >= 0.6 is 0 Å². The number of hydrogen-bond donors (Lipinski definition) is 4. The van der Waals surface area contributed by atoms with Crippen LogP contribution in [0.5, 0.6) is 0 Å². The van der Waals surface area contributed by atoms with E-state index in [-0.39, 0.29) is 25.4 Å². The molecule has 0 radical (unpaired) electrons. The lowest BCUT2D eigenvalue weighted by atomic mass is 9.91. The largest absolute Gasteiger partial charge is 0.379 e. The molecule has 4 heterocycles. The number of rotatable bonds is 14. The number of alkyl halides is 4. The van der Waals surface area contributed by atoms with Crippen LogP contribution in [0.2, 0.25) is 0 Å². The maximum Gasteiger partial charge on any atom is 0.271 e. The van der Waals surface area contributed by atoms with Gasteiger partial charge in [0.1, 0.15) is 48.1 Å². The first-order valence-electron chi connectivity index (χ1n) is 18.6. The zero-order valence-corrected chi connectivity index (χ0v) is 32.5. The number of carbonyl (C=O) groups excluding carboxylic acids is 1. The number of H-pyrrole nitrogens is 2. The van der Waals surface area contributed by atoms with Crippen molar-refractivity contribution in [1.82, 2.24) is 30.6 Å². The fourth-order valence-electron chi connectivity index (χ4n) is 6.77. The van der Waals surface area contributed by atoms with Crippen molar-refractivity contribution in [3.63, 3.8) is 0 Å². The smallest absolute Gasteiger partial charge is 0.271 e. The van der Waals surface area contributed by atoms with E-state index in [1.54, 1.807) is 33.4 Å². The molecule has 56 heavy (non-hydrogen) atoms. The summed E-state index contributed by atoms with van der Waals surface area (Å²) in [5.41, 5.74) is 3.40. The standard InChI is InChI=1S/C41H50F4N6O5/c1-24(53-6)33(48-26(3)38(4)16-18-40(42,43)22-55-38)35-46-20-31(49-35)29-12-8-27(9-13-29)28-10-14-30(15-11-28)32-21-47-36(50-32)34(25(2)54-7)51-37(52)39(5)17-19-41(44,45)23-56-39/h8-15,20-21,24-25,33-34,48H,3,16-19,22-23H2,1-2,4-7H3,(H,46,49)(H,47,50)(H,51,52)/t24-,25-,33+,34+,38-,39-/m1/s1. The van der Waals surface area contributed by atoms with Gasteiger partial charge in [-0.3, -0.25) is 4.79 Å². The lowest BCUT2D eigenvalue weighted by Crippen LogP contribution is -2.54. The van der Waals surface area contributed by atoms with Crippen molar-refractivity contribution in [2.24, 2.45) is 0 Å². The molecule has 6 atom stereocenters. The summed E-state index contributed by atoms with van der Waals surface area (Å²) in [6.45, 7) is 9.62. The molecule has 2 aliphatic rings. The van der Waals surface area contributed by atoms with Crippen LogP contribution in [0.15, 0.2) is 73.2 Å². The van der Waals surface area contributed by atoms with Gasteiger partial charge >= 0.3 is 0 Å². The van der Waals surface area contributed by atoms with Gasteiger partial charge in [-0.1, -0.05) is 55.1 Å². The number of ether oxygens (including phenoxy) is 4. The first-order chi connectivity index (χ1) is 26.4. The average molecular weight is 783 g/mol. The molecule has 2 saturated heterocycles. The van der Waals surface area contributed by atoms with Crippen molar-refractivity contribution in [1.29, 1.82) is 0 Å². The number of benzene rings is 2. The Labute approximate surface area is 324 Å². The van der Waals surface area contributed by atoms with Gasteiger partial charge in [-0.15, -0.1) is 0 Å². The molecule has 0 spiro atoms. The quantitative estimate of drug-likeness (QED) is 0.0949. The Morgan fingerprint density at radius 1 is 0.696 bits per heavy atom. The Balaban J connectivity index is 1.11. The molecule has 1 amide bonds. The van der Waals surface area contributed by atoms with E-state index < -0.39 is 66.8 Å². The molecular weight excluding hydrogens is 732 g/mol. The van der Waals surface area contributed by atoms with Crippen LogP contribution in [0.25, 0.3) is 33.6 Å². The van der Waals surface area contributed by atoms with Crippen LogP contribution < -0.4 is 10.6 Å². The van der Waals surface area contributed by atoms with E-state index in [0.717, 1.165) is 33.6 Å². The van der Waals surface area contributed by atoms with Gasteiger partial charge in [0, 0.05) is 32.8 Å². The Hall–Kier alpha value is -4.57. The molecular formula is C41H50F4N6O5. The lowest BCUT2D eigenvalue weighted by molar-refractivity contribution is -0.190. The third kappa shape index (κ3) is 9.01. The Morgan fingerprint density at radius 2 is 1.09 bits per heavy atom. The molecule has 0 aliphatic carbocycles. The van der Waals surface area contributed by atoms with E-state index in [1.807, 2.05) is 55.5 Å². The Morgan fingerprint density at radius 3 is 1.48 bits per heavy atom. The van der Waals surface area contributed by atoms with Crippen molar-refractivity contribution < 1.29 is 41.3 Å². The van der Waals surface area contributed by atoms with E-state index in [9.17, 15) is 22.4 Å². The Kier molecular flexibility index (Phi) is 11.8. The van der Waals surface area contributed by atoms with E-state index in [2.05, 4.69) is 37.1 Å². The van der Waals surface area contributed by atoms with Crippen molar-refractivity contribution >= 4 is 5.91 Å². The maximum atomic E-state index is 13.8. The van der Waals surface area contributed by atoms with Crippen LogP contribution in [0.4, 0.5) is 17.6 Å². The molecule has 4 N–H and O–H groups in total. The topological polar surface area (TPSA) is 135 Å². The fraction of sp³-hybridized carbons (Fsp3) is 0.488. The second-order valence-electron chi connectivity index (χ2n) is 15.2. The number of aromatic amines is 2. The van der Waals surface area contributed by atoms with Gasteiger partial charge in [0.2, 0.25) is 0 Å². The van der Waals surface area contributed by atoms with Gasteiger partial charge in [0.05, 0.1) is 36.0 Å². The highest BCUT2D eigenvalue weighted by Crippen LogP contribution is 2.39. The third-order valence-electron chi connectivity index (χ3n) is 11.1. The molecule has 0 saturated carbocycles. The Bertz CT molecular complexity index is 1820. The van der Waals surface area contributed by atoms with E-state index >= 15 is 0 Å². The maximum absolute atomic E-state index is 13.8. The normalized spacial score (nSPS) is 24.1. The zero-order chi connectivity index (χ0) is 40.5. The van der Waals surface area contributed by atoms with Crippen LogP contribution in [-0.4, -0.2) is 88.5 Å². The fourth-order valence-corrected chi connectivity index (χ4v) is 6.77. The molecule has 11 nitrogen and oxygen atoms in total. The molecule has 2 fully saturated rings. The van der Waals surface area contributed by atoms with Crippen LogP contribution in [0.1, 0.15) is 77.1 Å². The van der Waals surface area contributed by atoms with Crippen molar-refractivity contribution in [2.75, 3.05) is 27.4 Å². The number of halogens is 4. The van der Waals surface area contributed by atoms with E-state index in [4.69, 9.17) is 18.9 Å².